The van der Waals surface area contributed by atoms with E-state index in [9.17, 15) is 27.8 Å². The largest absolute Gasteiger partial charge is 0.496 e. The Kier molecular flexibility index (Phi) is 5.89. The standard InChI is InChI=1S/C22H10Cl2F4N4O3S/c23-9-3-1-4-10(7-9)32-18(22(26,27)28)11(8-29-32)17-15(20-30-19(33)21(34)36-20)16(31-35-17)14-12(24)5-2-6-13(14)25/h1-8,33-34H. The zero-order chi connectivity index (χ0) is 25.8. The highest BCUT2D eigenvalue weighted by Crippen LogP contribution is 2.49. The number of halogens is 6. The summed E-state index contributed by atoms with van der Waals surface area (Å²) in [5, 5.41) is 26.6. The molecule has 5 rings (SSSR count). The van der Waals surface area contributed by atoms with Gasteiger partial charge >= 0.3 is 6.18 Å². The lowest BCUT2D eigenvalue weighted by molar-refractivity contribution is -0.142. The number of alkyl halides is 3. The number of aromatic hydroxyl groups is 2. The summed E-state index contributed by atoms with van der Waals surface area (Å²) < 4.78 is 63.7. The van der Waals surface area contributed by atoms with E-state index in [0.717, 1.165) is 12.3 Å². The number of aromatic nitrogens is 4. The van der Waals surface area contributed by atoms with Crippen molar-refractivity contribution in [1.82, 2.24) is 19.9 Å². The Hall–Kier alpha value is -3.61. The second kappa shape index (κ2) is 8.80. The van der Waals surface area contributed by atoms with Gasteiger partial charge in [0.05, 0.1) is 33.6 Å². The summed E-state index contributed by atoms with van der Waals surface area (Å²) in [4.78, 5) is 3.79. The minimum Gasteiger partial charge on any atom is -0.496 e. The zero-order valence-electron chi connectivity index (χ0n) is 17.4. The van der Waals surface area contributed by atoms with Crippen LogP contribution in [0.25, 0.3) is 38.8 Å². The Labute approximate surface area is 212 Å². The lowest BCUT2D eigenvalue weighted by Gasteiger charge is -2.12. The molecule has 0 saturated carbocycles. The SMILES string of the molecule is Oc1nc(-c2c(-c3c(F)cccc3Cl)noc2-c2cnn(-c3cccc(Cl)c3)c2C(F)(F)F)sc1O. The van der Waals surface area contributed by atoms with Crippen LogP contribution in [0.1, 0.15) is 5.69 Å². The molecule has 5 aromatic rings. The van der Waals surface area contributed by atoms with Gasteiger partial charge in [-0.2, -0.15) is 23.3 Å². The molecule has 0 fully saturated rings. The molecule has 3 heterocycles. The van der Waals surface area contributed by atoms with E-state index in [1.807, 2.05) is 0 Å². The third kappa shape index (κ3) is 4.06. The molecule has 0 aliphatic carbocycles. The molecule has 0 radical (unpaired) electrons. The predicted octanol–water partition coefficient (Wildman–Crippen LogP) is 7.19. The number of rotatable bonds is 4. The first kappa shape index (κ1) is 24.1. The Morgan fingerprint density at radius 2 is 1.78 bits per heavy atom. The summed E-state index contributed by atoms with van der Waals surface area (Å²) in [5.41, 5.74) is -2.57. The van der Waals surface area contributed by atoms with Crippen molar-refractivity contribution in [3.63, 3.8) is 0 Å². The first-order valence-corrected chi connectivity index (χ1v) is 11.4. The van der Waals surface area contributed by atoms with Gasteiger partial charge in [-0.05, 0) is 30.3 Å². The van der Waals surface area contributed by atoms with Crippen LogP contribution in [0.4, 0.5) is 17.6 Å². The van der Waals surface area contributed by atoms with Crippen molar-refractivity contribution in [2.24, 2.45) is 0 Å². The second-order valence-electron chi connectivity index (χ2n) is 7.28. The van der Waals surface area contributed by atoms with Gasteiger partial charge in [0.2, 0.25) is 5.06 Å². The highest BCUT2D eigenvalue weighted by molar-refractivity contribution is 7.17. The Balaban J connectivity index is 1.83. The number of benzene rings is 2. The average Bonchev–Trinajstić information content (AvgIpc) is 3.50. The summed E-state index contributed by atoms with van der Waals surface area (Å²) in [6.45, 7) is 0. The molecule has 2 N–H and O–H groups in total. The van der Waals surface area contributed by atoms with Crippen LogP contribution in [-0.2, 0) is 6.18 Å². The fraction of sp³-hybridized carbons (Fsp3) is 0.0455. The quantitative estimate of drug-likeness (QED) is 0.227. The molecule has 14 heteroatoms. The van der Waals surface area contributed by atoms with Gasteiger partial charge in [-0.25, -0.2) is 9.07 Å². The van der Waals surface area contributed by atoms with E-state index in [0.29, 0.717) is 16.0 Å². The van der Waals surface area contributed by atoms with Gasteiger partial charge in [-0.15, -0.1) is 0 Å². The molecular weight excluding hydrogens is 547 g/mol. The summed E-state index contributed by atoms with van der Waals surface area (Å²) in [5.74, 6) is -2.10. The molecule has 0 spiro atoms. The third-order valence-electron chi connectivity index (χ3n) is 5.03. The molecule has 0 unspecified atom stereocenters. The van der Waals surface area contributed by atoms with Crippen molar-refractivity contribution in [1.29, 1.82) is 0 Å². The van der Waals surface area contributed by atoms with Gasteiger partial charge in [0, 0.05) is 5.02 Å². The number of nitrogens with zero attached hydrogens (tertiary/aromatic N) is 4. The van der Waals surface area contributed by atoms with Crippen molar-refractivity contribution >= 4 is 34.5 Å². The molecule has 0 saturated heterocycles. The van der Waals surface area contributed by atoms with Crippen LogP contribution in [0.2, 0.25) is 10.0 Å². The highest BCUT2D eigenvalue weighted by atomic mass is 35.5. The zero-order valence-corrected chi connectivity index (χ0v) is 19.7. The maximum atomic E-state index is 14.8. The van der Waals surface area contributed by atoms with E-state index < -0.39 is 40.0 Å². The highest BCUT2D eigenvalue weighted by Gasteiger charge is 2.42. The first-order valence-electron chi connectivity index (χ1n) is 9.81. The van der Waals surface area contributed by atoms with Gasteiger partial charge in [0.25, 0.3) is 5.88 Å². The van der Waals surface area contributed by atoms with E-state index in [-0.39, 0.29) is 37.6 Å². The van der Waals surface area contributed by atoms with Crippen LogP contribution in [0.5, 0.6) is 10.9 Å². The molecule has 0 aliphatic heterocycles. The van der Waals surface area contributed by atoms with Crippen molar-refractivity contribution in [2.45, 2.75) is 6.18 Å². The third-order valence-corrected chi connectivity index (χ3v) is 6.45. The maximum absolute atomic E-state index is 14.8. The fourth-order valence-electron chi connectivity index (χ4n) is 3.57. The van der Waals surface area contributed by atoms with Gasteiger partial charge in [-0.1, -0.05) is 51.8 Å². The molecule has 0 atom stereocenters. The molecule has 7 nitrogen and oxygen atoms in total. The lowest BCUT2D eigenvalue weighted by Crippen LogP contribution is -2.14. The van der Waals surface area contributed by atoms with Crippen LogP contribution < -0.4 is 0 Å². The van der Waals surface area contributed by atoms with Crippen molar-refractivity contribution in [2.75, 3.05) is 0 Å². The summed E-state index contributed by atoms with van der Waals surface area (Å²) in [6, 6.07) is 9.37. The molecule has 0 aliphatic rings. The van der Waals surface area contributed by atoms with E-state index in [1.165, 1.54) is 36.4 Å². The summed E-state index contributed by atoms with van der Waals surface area (Å²) >= 11 is 12.6. The van der Waals surface area contributed by atoms with Gasteiger partial charge < -0.3 is 14.7 Å². The lowest BCUT2D eigenvalue weighted by atomic mass is 10.0. The van der Waals surface area contributed by atoms with Crippen molar-refractivity contribution < 1.29 is 32.3 Å². The normalized spacial score (nSPS) is 11.8. The van der Waals surface area contributed by atoms with Crippen LogP contribution >= 0.6 is 34.5 Å². The van der Waals surface area contributed by atoms with E-state index in [4.69, 9.17) is 27.7 Å². The van der Waals surface area contributed by atoms with E-state index in [1.54, 1.807) is 0 Å². The van der Waals surface area contributed by atoms with Crippen LogP contribution in [0.3, 0.4) is 0 Å². The van der Waals surface area contributed by atoms with Crippen LogP contribution in [-0.4, -0.2) is 30.1 Å². The number of hydrogen-bond acceptors (Lipinski definition) is 7. The number of thiazole rings is 1. The van der Waals surface area contributed by atoms with Crippen LogP contribution in [0, 0.1) is 5.82 Å². The monoisotopic (exact) mass is 556 g/mol. The summed E-state index contributed by atoms with van der Waals surface area (Å²) in [6.07, 6.45) is -4.05. The molecule has 3 aromatic heterocycles. The van der Waals surface area contributed by atoms with E-state index >= 15 is 0 Å². The minimum atomic E-state index is -4.94. The molecule has 0 amide bonds. The van der Waals surface area contributed by atoms with Gasteiger partial charge in [-0.3, -0.25) is 0 Å². The fourth-order valence-corrected chi connectivity index (χ4v) is 4.75. The maximum Gasteiger partial charge on any atom is 0.434 e. The minimum absolute atomic E-state index is 0.0176. The topological polar surface area (TPSA) is 97.2 Å². The smallest absolute Gasteiger partial charge is 0.434 e. The second-order valence-corrected chi connectivity index (χ2v) is 9.10. The van der Waals surface area contributed by atoms with Gasteiger partial charge in [0.1, 0.15) is 16.5 Å². The molecular formula is C22H10Cl2F4N4O3S. The molecule has 184 valence electrons. The molecule has 2 aromatic carbocycles. The van der Waals surface area contributed by atoms with Crippen molar-refractivity contribution in [3.8, 4) is 49.8 Å². The Bertz CT molecular complexity index is 1570. The molecule has 36 heavy (non-hydrogen) atoms. The van der Waals surface area contributed by atoms with Crippen LogP contribution in [0.15, 0.2) is 53.2 Å². The van der Waals surface area contributed by atoms with Gasteiger partial charge in [0.15, 0.2) is 11.5 Å². The van der Waals surface area contributed by atoms with Crippen molar-refractivity contribution in [3.05, 3.63) is 70.2 Å². The predicted molar refractivity (Wildman–Crippen MR) is 124 cm³/mol. The average molecular weight is 557 g/mol. The Morgan fingerprint density at radius 1 is 1.03 bits per heavy atom. The Morgan fingerprint density at radius 3 is 2.42 bits per heavy atom. The number of hydrogen-bond donors (Lipinski definition) is 2. The molecule has 0 bridgehead atoms. The first-order chi connectivity index (χ1) is 17.1. The summed E-state index contributed by atoms with van der Waals surface area (Å²) in [7, 11) is 0. The van der Waals surface area contributed by atoms with E-state index in [2.05, 4.69) is 15.2 Å².